The molecule has 1 aromatic carbocycles. The Morgan fingerprint density at radius 3 is 2.42 bits per heavy atom. The summed E-state index contributed by atoms with van der Waals surface area (Å²) in [7, 11) is 1.64. The second-order valence-electron chi connectivity index (χ2n) is 8.83. The number of nitrogens with zero attached hydrogens (tertiary/aromatic N) is 6. The van der Waals surface area contributed by atoms with Crippen LogP contribution in [0, 0.1) is 6.92 Å². The number of likely N-dealkylation sites (N-methyl/N-ethyl adjacent to an activating group) is 1. The number of benzene rings is 1. The number of anilines is 1. The fraction of sp³-hybridized carbons (Fsp3) is 0.536. The number of likely N-dealkylation sites (tertiary alicyclic amines) is 1. The SMILES string of the molecule is C=CCC.CCN(CCOC)c1cc(-n2c(C(F)F)nc3ccccc32)nc(C)n1.NCCN1CCCC1. The molecule has 38 heavy (non-hydrogen) atoms. The number of fused-ring (bicyclic) bond motifs is 1. The Bertz CT molecular complexity index is 1100. The van der Waals surface area contributed by atoms with E-state index in [0.29, 0.717) is 48.2 Å². The zero-order chi connectivity index (χ0) is 27.9. The van der Waals surface area contributed by atoms with Gasteiger partial charge >= 0.3 is 0 Å². The highest BCUT2D eigenvalue weighted by molar-refractivity contribution is 5.78. The first-order valence-electron chi connectivity index (χ1n) is 13.3. The Balaban J connectivity index is 0.000000349. The first-order valence-corrected chi connectivity index (χ1v) is 13.3. The van der Waals surface area contributed by atoms with Crippen molar-refractivity contribution in [3.05, 3.63) is 54.6 Å². The maximum atomic E-state index is 13.6. The highest BCUT2D eigenvalue weighted by Crippen LogP contribution is 2.28. The van der Waals surface area contributed by atoms with E-state index in [4.69, 9.17) is 10.5 Å². The number of ether oxygens (including phenoxy) is 1. The van der Waals surface area contributed by atoms with Crippen LogP contribution in [0.2, 0.25) is 0 Å². The average molecular weight is 532 g/mol. The van der Waals surface area contributed by atoms with E-state index in [0.717, 1.165) is 19.5 Å². The maximum Gasteiger partial charge on any atom is 0.296 e. The van der Waals surface area contributed by atoms with Crippen LogP contribution in [0.4, 0.5) is 14.6 Å². The molecule has 0 spiro atoms. The van der Waals surface area contributed by atoms with E-state index in [1.54, 1.807) is 44.4 Å². The molecule has 0 amide bonds. The lowest BCUT2D eigenvalue weighted by atomic mass is 10.3. The van der Waals surface area contributed by atoms with Crippen molar-refractivity contribution in [3.63, 3.8) is 0 Å². The first kappa shape index (κ1) is 31.3. The Morgan fingerprint density at radius 1 is 1.16 bits per heavy atom. The van der Waals surface area contributed by atoms with Crippen molar-refractivity contribution in [2.24, 2.45) is 5.73 Å². The Hall–Kier alpha value is -2.95. The van der Waals surface area contributed by atoms with Gasteiger partial charge in [0, 0.05) is 39.4 Å². The van der Waals surface area contributed by atoms with Gasteiger partial charge in [-0.25, -0.2) is 23.7 Å². The third-order valence-electron chi connectivity index (χ3n) is 6.03. The number of methoxy groups -OCH3 is 1. The molecular formula is C28H43F2N7O. The number of para-hydroxylation sites is 2. The first-order chi connectivity index (χ1) is 18.4. The zero-order valence-electron chi connectivity index (χ0n) is 23.2. The van der Waals surface area contributed by atoms with Gasteiger partial charge in [0.1, 0.15) is 17.5 Å². The molecular weight excluding hydrogens is 488 g/mol. The van der Waals surface area contributed by atoms with Gasteiger partial charge in [-0.05, 0) is 58.3 Å². The largest absolute Gasteiger partial charge is 0.383 e. The van der Waals surface area contributed by atoms with Crippen LogP contribution in [-0.2, 0) is 4.74 Å². The van der Waals surface area contributed by atoms with E-state index in [-0.39, 0.29) is 5.82 Å². The van der Waals surface area contributed by atoms with Gasteiger partial charge in [0.25, 0.3) is 6.43 Å². The summed E-state index contributed by atoms with van der Waals surface area (Å²) < 4.78 is 33.7. The topological polar surface area (TPSA) is 85.3 Å². The molecule has 1 fully saturated rings. The standard InChI is InChI=1S/C18H21F2N5O.C6H14N2.C4H8/c1-4-24(9-10-26-3)15-11-16(22-12(2)21-15)25-14-8-6-5-7-13(14)23-18(25)17(19)20;7-3-6-8-4-1-2-5-8;1-3-4-2/h5-8,11,17H,4,9-10H2,1-3H3;1-7H2;3H,1,4H2,2H3. The maximum absolute atomic E-state index is 13.6. The summed E-state index contributed by atoms with van der Waals surface area (Å²) in [5, 5.41) is 0. The second-order valence-corrected chi connectivity index (χ2v) is 8.83. The number of imidazole rings is 1. The fourth-order valence-corrected chi connectivity index (χ4v) is 4.07. The van der Waals surface area contributed by atoms with Crippen LogP contribution in [0.3, 0.4) is 0 Å². The zero-order valence-corrected chi connectivity index (χ0v) is 23.2. The van der Waals surface area contributed by atoms with Crippen LogP contribution in [-0.4, -0.2) is 77.4 Å². The molecule has 1 aliphatic rings. The number of allylic oxidation sites excluding steroid dienone is 1. The van der Waals surface area contributed by atoms with E-state index in [1.165, 1.54) is 30.5 Å². The number of hydrogen-bond acceptors (Lipinski definition) is 7. The van der Waals surface area contributed by atoms with Crippen LogP contribution in [0.5, 0.6) is 0 Å². The number of alkyl halides is 2. The molecule has 0 bridgehead atoms. The monoisotopic (exact) mass is 531 g/mol. The van der Waals surface area contributed by atoms with Gasteiger partial charge < -0.3 is 20.3 Å². The number of rotatable bonds is 10. The summed E-state index contributed by atoms with van der Waals surface area (Å²) in [5.41, 5.74) is 6.46. The molecule has 8 nitrogen and oxygen atoms in total. The van der Waals surface area contributed by atoms with E-state index >= 15 is 0 Å². The predicted octanol–water partition coefficient (Wildman–Crippen LogP) is 5.16. The van der Waals surface area contributed by atoms with Gasteiger partial charge in [-0.2, -0.15) is 0 Å². The van der Waals surface area contributed by atoms with E-state index in [2.05, 4.69) is 33.4 Å². The van der Waals surface area contributed by atoms with E-state index in [1.807, 2.05) is 17.9 Å². The number of nitrogens with two attached hydrogens (primary N) is 1. The van der Waals surface area contributed by atoms with Crippen LogP contribution >= 0.6 is 0 Å². The summed E-state index contributed by atoms with van der Waals surface area (Å²) in [5.74, 6) is 1.24. The van der Waals surface area contributed by atoms with Crippen molar-refractivity contribution >= 4 is 16.9 Å². The lowest BCUT2D eigenvalue weighted by Crippen LogP contribution is -2.28. The van der Waals surface area contributed by atoms with Crippen LogP contribution in [0.15, 0.2) is 43.0 Å². The van der Waals surface area contributed by atoms with Gasteiger partial charge in [-0.1, -0.05) is 25.1 Å². The minimum atomic E-state index is -2.71. The number of hydrogen-bond donors (Lipinski definition) is 1. The van der Waals surface area contributed by atoms with Gasteiger partial charge in [0.15, 0.2) is 5.82 Å². The molecule has 4 rings (SSSR count). The molecule has 3 heterocycles. The molecule has 0 unspecified atom stereocenters. The molecule has 2 N–H and O–H groups in total. The quantitative estimate of drug-likeness (QED) is 0.362. The normalized spacial score (nSPS) is 13.2. The summed E-state index contributed by atoms with van der Waals surface area (Å²) in [6.45, 7) is 15.7. The summed E-state index contributed by atoms with van der Waals surface area (Å²) in [6.07, 6.45) is 3.00. The predicted molar refractivity (Wildman–Crippen MR) is 151 cm³/mol. The molecule has 1 aliphatic heterocycles. The number of aryl methyl sites for hydroxylation is 1. The highest BCUT2D eigenvalue weighted by Gasteiger charge is 2.22. The molecule has 10 heteroatoms. The highest BCUT2D eigenvalue weighted by atomic mass is 19.3. The Morgan fingerprint density at radius 2 is 1.84 bits per heavy atom. The lowest BCUT2D eigenvalue weighted by molar-refractivity contribution is 0.139. The Labute approximate surface area is 225 Å². The third kappa shape index (κ3) is 9.11. The van der Waals surface area contributed by atoms with E-state index < -0.39 is 6.43 Å². The summed E-state index contributed by atoms with van der Waals surface area (Å²) in [4.78, 5) is 17.4. The van der Waals surface area contributed by atoms with Crippen LogP contribution < -0.4 is 10.6 Å². The average Bonchev–Trinajstić information content (AvgIpc) is 3.58. The van der Waals surface area contributed by atoms with Crippen molar-refractivity contribution in [2.75, 3.05) is 57.9 Å². The van der Waals surface area contributed by atoms with Gasteiger partial charge in [-0.3, -0.25) is 4.57 Å². The smallest absolute Gasteiger partial charge is 0.296 e. The second kappa shape index (κ2) is 16.8. The molecule has 0 atom stereocenters. The number of aromatic nitrogens is 4. The van der Waals surface area contributed by atoms with E-state index in [9.17, 15) is 8.78 Å². The van der Waals surface area contributed by atoms with Gasteiger partial charge in [0.05, 0.1) is 17.6 Å². The molecule has 0 radical (unpaired) electrons. The molecule has 2 aromatic heterocycles. The number of halogens is 2. The molecule has 210 valence electrons. The minimum absolute atomic E-state index is 0.324. The minimum Gasteiger partial charge on any atom is -0.383 e. The van der Waals surface area contributed by atoms with Crippen molar-refractivity contribution in [3.8, 4) is 5.82 Å². The molecule has 0 aliphatic carbocycles. The molecule has 1 saturated heterocycles. The summed E-state index contributed by atoms with van der Waals surface area (Å²) >= 11 is 0. The van der Waals surface area contributed by atoms with Crippen molar-refractivity contribution in [1.29, 1.82) is 0 Å². The fourth-order valence-electron chi connectivity index (χ4n) is 4.07. The van der Waals surface area contributed by atoms with Crippen molar-refractivity contribution in [2.45, 2.75) is 46.5 Å². The molecule has 3 aromatic rings. The Kier molecular flexibility index (Phi) is 13.8. The van der Waals surface area contributed by atoms with Crippen LogP contribution in [0.25, 0.3) is 16.9 Å². The van der Waals surface area contributed by atoms with Crippen LogP contribution in [0.1, 0.15) is 51.2 Å². The van der Waals surface area contributed by atoms with Crippen molar-refractivity contribution < 1.29 is 13.5 Å². The van der Waals surface area contributed by atoms with Gasteiger partial charge in [-0.15, -0.1) is 6.58 Å². The third-order valence-corrected chi connectivity index (χ3v) is 6.03. The van der Waals surface area contributed by atoms with Gasteiger partial charge in [0.2, 0.25) is 0 Å². The van der Waals surface area contributed by atoms with Crippen molar-refractivity contribution in [1.82, 2.24) is 24.4 Å². The molecule has 0 saturated carbocycles. The summed E-state index contributed by atoms with van der Waals surface area (Å²) in [6, 6.07) is 8.75. The lowest BCUT2D eigenvalue weighted by Gasteiger charge is -2.22.